The second-order valence-corrected chi connectivity index (χ2v) is 7.48. The van der Waals surface area contributed by atoms with Crippen LogP contribution in [0.3, 0.4) is 0 Å². The molecule has 1 aromatic heterocycles. The highest BCUT2D eigenvalue weighted by molar-refractivity contribution is 14.1. The number of hydrazone groups is 1. The molecule has 0 aliphatic rings. The minimum atomic E-state index is -0.476. The van der Waals surface area contributed by atoms with E-state index >= 15 is 0 Å². The van der Waals surface area contributed by atoms with Crippen LogP contribution in [0.2, 0.25) is 5.15 Å². The molecule has 0 unspecified atom stereocenters. The first-order chi connectivity index (χ1) is 14.5. The van der Waals surface area contributed by atoms with Gasteiger partial charge in [-0.25, -0.2) is 14.8 Å². The van der Waals surface area contributed by atoms with Crippen LogP contribution in [0, 0.1) is 9.39 Å². The number of aromatic nitrogens is 1. The zero-order chi connectivity index (χ0) is 21.5. The third-order valence-corrected chi connectivity index (χ3v) is 5.07. The topological polar surface area (TPSA) is 72.8 Å². The first kappa shape index (κ1) is 22.0. The number of hydrogen-bond acceptors (Lipinski definition) is 5. The summed E-state index contributed by atoms with van der Waals surface area (Å²) in [6, 6.07) is 13.1. The Balaban J connectivity index is 1.72. The molecule has 154 valence electrons. The predicted molar refractivity (Wildman–Crippen MR) is 121 cm³/mol. The Labute approximate surface area is 191 Å². The van der Waals surface area contributed by atoms with Gasteiger partial charge in [0.15, 0.2) is 11.5 Å². The summed E-state index contributed by atoms with van der Waals surface area (Å²) in [7, 11) is 1.51. The highest BCUT2D eigenvalue weighted by Crippen LogP contribution is 2.34. The lowest BCUT2D eigenvalue weighted by Gasteiger charge is -2.14. The summed E-state index contributed by atoms with van der Waals surface area (Å²) in [5.41, 5.74) is 3.74. The summed E-state index contributed by atoms with van der Waals surface area (Å²) in [6.07, 6.45) is 2.96. The summed E-state index contributed by atoms with van der Waals surface area (Å²) in [5.74, 6) is 0.140. The van der Waals surface area contributed by atoms with Crippen molar-refractivity contribution in [2.45, 2.75) is 6.61 Å². The number of hydrogen-bond donors (Lipinski definition) is 1. The summed E-state index contributed by atoms with van der Waals surface area (Å²) < 4.78 is 25.7. The highest BCUT2D eigenvalue weighted by Gasteiger charge is 2.13. The molecule has 3 rings (SSSR count). The quantitative estimate of drug-likeness (QED) is 0.202. The Morgan fingerprint density at radius 3 is 2.83 bits per heavy atom. The molecule has 9 heteroatoms. The Kier molecular flexibility index (Phi) is 7.58. The van der Waals surface area contributed by atoms with E-state index in [9.17, 15) is 9.18 Å². The van der Waals surface area contributed by atoms with E-state index in [1.165, 1.54) is 25.6 Å². The second-order valence-electron chi connectivity index (χ2n) is 5.96. The fourth-order valence-corrected chi connectivity index (χ4v) is 3.49. The number of carbonyl (C=O) groups is 1. The third kappa shape index (κ3) is 5.45. The van der Waals surface area contributed by atoms with E-state index in [1.807, 2.05) is 0 Å². The normalized spacial score (nSPS) is 10.8. The molecule has 0 aliphatic heterocycles. The summed E-state index contributed by atoms with van der Waals surface area (Å²) in [5, 5.41) is 4.05. The van der Waals surface area contributed by atoms with Gasteiger partial charge < -0.3 is 9.47 Å². The van der Waals surface area contributed by atoms with Crippen molar-refractivity contribution in [3.05, 3.63) is 86.0 Å². The molecule has 1 N–H and O–H groups in total. The van der Waals surface area contributed by atoms with Gasteiger partial charge in [0.25, 0.3) is 5.91 Å². The molecule has 0 atom stereocenters. The van der Waals surface area contributed by atoms with Crippen LogP contribution in [0.1, 0.15) is 21.5 Å². The largest absolute Gasteiger partial charge is 0.493 e. The van der Waals surface area contributed by atoms with E-state index in [0.29, 0.717) is 22.6 Å². The average molecular weight is 540 g/mol. The van der Waals surface area contributed by atoms with Crippen LogP contribution < -0.4 is 14.9 Å². The van der Waals surface area contributed by atoms with Crippen molar-refractivity contribution >= 4 is 46.3 Å². The average Bonchev–Trinajstić information content (AvgIpc) is 2.74. The first-order valence-electron chi connectivity index (χ1n) is 8.67. The molecule has 1 heterocycles. The van der Waals surface area contributed by atoms with Crippen molar-refractivity contribution < 1.29 is 18.7 Å². The molecule has 0 radical (unpaired) electrons. The van der Waals surface area contributed by atoms with Gasteiger partial charge in [0.2, 0.25) is 0 Å². The first-order valence-corrected chi connectivity index (χ1v) is 10.1. The number of benzene rings is 2. The smallest absolute Gasteiger partial charge is 0.274 e. The van der Waals surface area contributed by atoms with E-state index < -0.39 is 5.91 Å². The van der Waals surface area contributed by atoms with Gasteiger partial charge in [-0.15, -0.1) is 0 Å². The fraction of sp³-hybridized carbons (Fsp3) is 0.0952. The van der Waals surface area contributed by atoms with Crippen LogP contribution in [0.4, 0.5) is 4.39 Å². The lowest BCUT2D eigenvalue weighted by Crippen LogP contribution is -2.18. The number of nitrogens with zero attached hydrogens (tertiary/aromatic N) is 2. The van der Waals surface area contributed by atoms with Crippen LogP contribution >= 0.6 is 34.2 Å². The molecule has 6 nitrogen and oxygen atoms in total. The van der Waals surface area contributed by atoms with Crippen LogP contribution in [0.15, 0.2) is 59.8 Å². The van der Waals surface area contributed by atoms with Crippen molar-refractivity contribution in [3.63, 3.8) is 0 Å². The van der Waals surface area contributed by atoms with E-state index in [0.717, 1.165) is 3.57 Å². The Hall–Kier alpha value is -2.72. The fourth-order valence-electron chi connectivity index (χ4n) is 2.50. The summed E-state index contributed by atoms with van der Waals surface area (Å²) >= 11 is 7.99. The number of pyridine rings is 1. The molecule has 0 saturated heterocycles. The predicted octanol–water partition coefficient (Wildman–Crippen LogP) is 4.83. The van der Waals surface area contributed by atoms with Crippen LogP contribution in [-0.2, 0) is 6.61 Å². The molecule has 0 saturated carbocycles. The van der Waals surface area contributed by atoms with Gasteiger partial charge in [0.05, 0.1) is 22.5 Å². The zero-order valence-electron chi connectivity index (χ0n) is 15.7. The monoisotopic (exact) mass is 539 g/mol. The van der Waals surface area contributed by atoms with E-state index in [2.05, 4.69) is 38.1 Å². The Bertz CT molecular complexity index is 1090. The number of carbonyl (C=O) groups excluding carboxylic acids is 1. The molecule has 3 aromatic rings. The van der Waals surface area contributed by atoms with Crippen molar-refractivity contribution in [3.8, 4) is 11.5 Å². The molecule has 0 spiro atoms. The van der Waals surface area contributed by atoms with Crippen molar-refractivity contribution in [1.29, 1.82) is 0 Å². The van der Waals surface area contributed by atoms with Gasteiger partial charge in [-0.05, 0) is 58.5 Å². The summed E-state index contributed by atoms with van der Waals surface area (Å²) in [6.45, 7) is 0.0639. The molecular weight excluding hydrogens is 524 g/mol. The highest BCUT2D eigenvalue weighted by atomic mass is 127. The Morgan fingerprint density at radius 1 is 1.30 bits per heavy atom. The number of ether oxygens (including phenoxy) is 2. The maximum absolute atomic E-state index is 13.8. The zero-order valence-corrected chi connectivity index (χ0v) is 18.6. The minimum Gasteiger partial charge on any atom is -0.493 e. The lowest BCUT2D eigenvalue weighted by atomic mass is 10.2. The minimum absolute atomic E-state index is 0.0639. The lowest BCUT2D eigenvalue weighted by molar-refractivity contribution is 0.0955. The molecule has 2 aromatic carbocycles. The van der Waals surface area contributed by atoms with E-state index in [4.69, 9.17) is 21.1 Å². The maximum Gasteiger partial charge on any atom is 0.274 e. The molecule has 1 amide bonds. The number of amides is 1. The van der Waals surface area contributed by atoms with Gasteiger partial charge in [-0.1, -0.05) is 29.8 Å². The van der Waals surface area contributed by atoms with E-state index in [1.54, 1.807) is 42.5 Å². The molecule has 30 heavy (non-hydrogen) atoms. The van der Waals surface area contributed by atoms with Crippen molar-refractivity contribution in [1.82, 2.24) is 10.4 Å². The number of halogens is 3. The van der Waals surface area contributed by atoms with Crippen LogP contribution in [-0.4, -0.2) is 24.2 Å². The number of nitrogens with one attached hydrogen (secondary N) is 1. The molecule has 0 bridgehead atoms. The van der Waals surface area contributed by atoms with Crippen LogP contribution in [0.5, 0.6) is 11.5 Å². The van der Waals surface area contributed by atoms with Gasteiger partial charge >= 0.3 is 0 Å². The summed E-state index contributed by atoms with van der Waals surface area (Å²) in [4.78, 5) is 16.0. The number of methoxy groups -OCH3 is 1. The SMILES string of the molecule is COc1cc(C=NNC(=O)c2cccnc2Cl)cc(I)c1OCc1ccccc1F. The molecule has 0 aliphatic carbocycles. The van der Waals surface area contributed by atoms with Crippen LogP contribution in [0.25, 0.3) is 0 Å². The van der Waals surface area contributed by atoms with E-state index in [-0.39, 0.29) is 23.1 Å². The second kappa shape index (κ2) is 10.4. The Morgan fingerprint density at radius 2 is 2.10 bits per heavy atom. The van der Waals surface area contributed by atoms with Crippen molar-refractivity contribution in [2.75, 3.05) is 7.11 Å². The standard InChI is InChI=1S/C21H16ClFIN3O3/c1-29-18-10-13(11-26-27-21(28)15-6-4-8-25-20(15)22)9-17(24)19(18)30-12-14-5-2-3-7-16(14)23/h2-11H,12H2,1H3,(H,27,28). The van der Waals surface area contributed by atoms with Gasteiger partial charge in [-0.3, -0.25) is 4.79 Å². The van der Waals surface area contributed by atoms with Gasteiger partial charge in [0, 0.05) is 11.8 Å². The molecular formula is C21H16ClFIN3O3. The maximum atomic E-state index is 13.8. The van der Waals surface area contributed by atoms with Gasteiger partial charge in [0.1, 0.15) is 17.6 Å². The molecule has 0 fully saturated rings. The number of rotatable bonds is 7. The van der Waals surface area contributed by atoms with Gasteiger partial charge in [-0.2, -0.15) is 5.10 Å². The third-order valence-electron chi connectivity index (χ3n) is 3.97. The van der Waals surface area contributed by atoms with Crippen molar-refractivity contribution in [2.24, 2.45) is 5.10 Å².